The van der Waals surface area contributed by atoms with E-state index in [-0.39, 0.29) is 5.69 Å². The zero-order chi connectivity index (χ0) is 14.7. The number of hydrogen-bond donors (Lipinski definition) is 1. The van der Waals surface area contributed by atoms with Crippen molar-refractivity contribution in [1.82, 2.24) is 9.97 Å². The minimum Gasteiger partial charge on any atom is -0.378 e. The van der Waals surface area contributed by atoms with Crippen LogP contribution in [-0.2, 0) is 4.74 Å². The maximum atomic E-state index is 11.2. The molecule has 108 valence electrons. The van der Waals surface area contributed by atoms with Crippen molar-refractivity contribution >= 4 is 11.7 Å². The summed E-state index contributed by atoms with van der Waals surface area (Å²) in [6, 6.07) is 9.10. The van der Waals surface area contributed by atoms with Gasteiger partial charge in [-0.1, -0.05) is 6.07 Å². The molecule has 1 fully saturated rings. The van der Waals surface area contributed by atoms with Crippen LogP contribution in [0.5, 0.6) is 0 Å². The fourth-order valence-electron chi connectivity index (χ4n) is 2.25. The summed E-state index contributed by atoms with van der Waals surface area (Å²) in [5.74, 6) is 0.392. The fourth-order valence-corrected chi connectivity index (χ4v) is 2.25. The SMILES string of the molecule is NC(=O)c1cccc(-c2ccc(N3CCOCC3)nc2)n1. The maximum Gasteiger partial charge on any atom is 0.267 e. The van der Waals surface area contributed by atoms with Crippen LogP contribution in [0, 0.1) is 0 Å². The van der Waals surface area contributed by atoms with Crippen molar-refractivity contribution in [3.8, 4) is 11.3 Å². The van der Waals surface area contributed by atoms with Gasteiger partial charge in [0.25, 0.3) is 5.91 Å². The number of aromatic nitrogens is 2. The minimum atomic E-state index is -0.533. The van der Waals surface area contributed by atoms with Gasteiger partial charge in [-0.3, -0.25) is 4.79 Å². The van der Waals surface area contributed by atoms with Crippen LogP contribution in [0.15, 0.2) is 36.5 Å². The van der Waals surface area contributed by atoms with E-state index in [0.717, 1.165) is 37.7 Å². The number of amides is 1. The zero-order valence-electron chi connectivity index (χ0n) is 11.5. The number of carbonyl (C=O) groups excluding carboxylic acids is 1. The van der Waals surface area contributed by atoms with Gasteiger partial charge in [0.15, 0.2) is 0 Å². The molecule has 0 atom stereocenters. The lowest BCUT2D eigenvalue weighted by Gasteiger charge is -2.27. The number of rotatable bonds is 3. The molecule has 0 spiro atoms. The normalized spacial score (nSPS) is 15.0. The van der Waals surface area contributed by atoms with Crippen LogP contribution in [0.2, 0.25) is 0 Å². The molecular formula is C15H16N4O2. The van der Waals surface area contributed by atoms with Gasteiger partial charge >= 0.3 is 0 Å². The second kappa shape index (κ2) is 5.88. The molecule has 0 bridgehead atoms. The number of carbonyl (C=O) groups is 1. The predicted molar refractivity (Wildman–Crippen MR) is 79.0 cm³/mol. The van der Waals surface area contributed by atoms with Gasteiger partial charge < -0.3 is 15.4 Å². The van der Waals surface area contributed by atoms with Gasteiger partial charge in [0.1, 0.15) is 11.5 Å². The van der Waals surface area contributed by atoms with Crippen LogP contribution in [0.3, 0.4) is 0 Å². The summed E-state index contributed by atoms with van der Waals surface area (Å²) in [4.78, 5) is 22.1. The number of anilines is 1. The summed E-state index contributed by atoms with van der Waals surface area (Å²) in [5.41, 5.74) is 7.05. The standard InChI is InChI=1S/C15H16N4O2/c16-15(20)13-3-1-2-12(18-13)11-4-5-14(17-10-11)19-6-8-21-9-7-19/h1-5,10H,6-9H2,(H2,16,20). The lowest BCUT2D eigenvalue weighted by Crippen LogP contribution is -2.36. The molecule has 2 N–H and O–H groups in total. The van der Waals surface area contributed by atoms with E-state index in [9.17, 15) is 4.79 Å². The molecule has 21 heavy (non-hydrogen) atoms. The number of hydrogen-bond acceptors (Lipinski definition) is 5. The van der Waals surface area contributed by atoms with Gasteiger partial charge in [0.05, 0.1) is 18.9 Å². The smallest absolute Gasteiger partial charge is 0.267 e. The minimum absolute atomic E-state index is 0.254. The Labute approximate surface area is 122 Å². The first-order chi connectivity index (χ1) is 10.2. The highest BCUT2D eigenvalue weighted by atomic mass is 16.5. The molecule has 0 aliphatic carbocycles. The average Bonchev–Trinajstić information content (AvgIpc) is 2.56. The Kier molecular flexibility index (Phi) is 3.79. The van der Waals surface area contributed by atoms with Crippen LogP contribution in [0.1, 0.15) is 10.5 Å². The number of nitrogens with zero attached hydrogens (tertiary/aromatic N) is 3. The summed E-state index contributed by atoms with van der Waals surface area (Å²) < 4.78 is 5.33. The Morgan fingerprint density at radius 3 is 2.67 bits per heavy atom. The van der Waals surface area contributed by atoms with Gasteiger partial charge in [-0.05, 0) is 24.3 Å². The van der Waals surface area contributed by atoms with Crippen molar-refractivity contribution in [1.29, 1.82) is 0 Å². The van der Waals surface area contributed by atoms with Crippen molar-refractivity contribution in [3.63, 3.8) is 0 Å². The summed E-state index contributed by atoms with van der Waals surface area (Å²) >= 11 is 0. The van der Waals surface area contributed by atoms with E-state index in [4.69, 9.17) is 10.5 Å². The number of pyridine rings is 2. The van der Waals surface area contributed by atoms with Gasteiger partial charge in [-0.25, -0.2) is 9.97 Å². The molecule has 1 aliphatic rings. The fraction of sp³-hybridized carbons (Fsp3) is 0.267. The largest absolute Gasteiger partial charge is 0.378 e. The summed E-state index contributed by atoms with van der Waals surface area (Å²) in [5, 5.41) is 0. The van der Waals surface area contributed by atoms with E-state index in [1.54, 1.807) is 18.3 Å². The number of ether oxygens (including phenoxy) is 1. The van der Waals surface area contributed by atoms with Crippen LogP contribution in [0.25, 0.3) is 11.3 Å². The van der Waals surface area contributed by atoms with Crippen molar-refractivity contribution in [2.24, 2.45) is 5.73 Å². The Bertz CT molecular complexity index is 636. The van der Waals surface area contributed by atoms with Crippen molar-refractivity contribution in [2.75, 3.05) is 31.2 Å². The average molecular weight is 284 g/mol. The number of primary amides is 1. The third-order valence-corrected chi connectivity index (χ3v) is 3.38. The molecular weight excluding hydrogens is 268 g/mol. The van der Waals surface area contributed by atoms with Gasteiger partial charge in [-0.15, -0.1) is 0 Å². The summed E-state index contributed by atoms with van der Waals surface area (Å²) in [6.07, 6.45) is 1.76. The molecule has 6 nitrogen and oxygen atoms in total. The molecule has 0 radical (unpaired) electrons. The third kappa shape index (κ3) is 3.00. The second-order valence-corrected chi connectivity index (χ2v) is 4.78. The lowest BCUT2D eigenvalue weighted by molar-refractivity contribution is 0.0995. The first-order valence-electron chi connectivity index (χ1n) is 6.80. The molecule has 0 aromatic carbocycles. The summed E-state index contributed by atoms with van der Waals surface area (Å²) in [7, 11) is 0. The molecule has 3 heterocycles. The van der Waals surface area contributed by atoms with Gasteiger partial charge in [-0.2, -0.15) is 0 Å². The molecule has 2 aromatic rings. The zero-order valence-corrected chi connectivity index (χ0v) is 11.5. The van der Waals surface area contributed by atoms with E-state index in [1.807, 2.05) is 18.2 Å². The number of nitrogens with two attached hydrogens (primary N) is 1. The highest BCUT2D eigenvalue weighted by Crippen LogP contribution is 2.20. The predicted octanol–water partition coefficient (Wildman–Crippen LogP) is 1.08. The molecule has 3 rings (SSSR count). The molecule has 1 amide bonds. The van der Waals surface area contributed by atoms with Gasteiger partial charge in [0, 0.05) is 24.8 Å². The van der Waals surface area contributed by atoms with Crippen molar-refractivity contribution in [2.45, 2.75) is 0 Å². The van der Waals surface area contributed by atoms with Gasteiger partial charge in [0.2, 0.25) is 0 Å². The number of morpholine rings is 1. The van der Waals surface area contributed by atoms with E-state index in [1.165, 1.54) is 0 Å². The van der Waals surface area contributed by atoms with Crippen LogP contribution < -0.4 is 10.6 Å². The molecule has 0 saturated carbocycles. The van der Waals surface area contributed by atoms with Crippen LogP contribution in [0.4, 0.5) is 5.82 Å². The molecule has 1 aliphatic heterocycles. The Balaban J connectivity index is 1.83. The monoisotopic (exact) mass is 284 g/mol. The third-order valence-electron chi connectivity index (χ3n) is 3.38. The molecule has 6 heteroatoms. The maximum absolute atomic E-state index is 11.2. The second-order valence-electron chi connectivity index (χ2n) is 4.78. The summed E-state index contributed by atoms with van der Waals surface area (Å²) in [6.45, 7) is 3.15. The van der Waals surface area contributed by atoms with E-state index in [0.29, 0.717) is 5.69 Å². The van der Waals surface area contributed by atoms with E-state index >= 15 is 0 Å². The highest BCUT2D eigenvalue weighted by Gasteiger charge is 2.12. The first kappa shape index (κ1) is 13.5. The highest BCUT2D eigenvalue weighted by molar-refractivity contribution is 5.91. The molecule has 2 aromatic heterocycles. The van der Waals surface area contributed by atoms with Crippen molar-refractivity contribution in [3.05, 3.63) is 42.2 Å². The van der Waals surface area contributed by atoms with Crippen LogP contribution in [-0.4, -0.2) is 42.2 Å². The lowest BCUT2D eigenvalue weighted by atomic mass is 10.1. The topological polar surface area (TPSA) is 81.3 Å². The Hall–Kier alpha value is -2.47. The Morgan fingerprint density at radius 2 is 2.00 bits per heavy atom. The molecule has 0 unspecified atom stereocenters. The molecule has 1 saturated heterocycles. The van der Waals surface area contributed by atoms with Crippen molar-refractivity contribution < 1.29 is 9.53 Å². The van der Waals surface area contributed by atoms with E-state index in [2.05, 4.69) is 14.9 Å². The Morgan fingerprint density at radius 1 is 1.19 bits per heavy atom. The first-order valence-corrected chi connectivity index (χ1v) is 6.80. The van der Waals surface area contributed by atoms with E-state index < -0.39 is 5.91 Å². The van der Waals surface area contributed by atoms with Crippen LogP contribution >= 0.6 is 0 Å². The quantitative estimate of drug-likeness (QED) is 0.912.